The smallest absolute Gasteiger partial charge is 0.177 e. The normalized spacial score (nSPS) is 14.8. The van der Waals surface area contributed by atoms with Gasteiger partial charge in [-0.15, -0.1) is 0 Å². The van der Waals surface area contributed by atoms with Gasteiger partial charge in [0.1, 0.15) is 6.61 Å². The molecule has 0 aromatic rings. The van der Waals surface area contributed by atoms with Gasteiger partial charge in [0.15, 0.2) is 5.78 Å². The number of hydrogen-bond acceptors (Lipinski definition) is 5. The molecule has 0 spiro atoms. The van der Waals surface area contributed by atoms with Crippen LogP contribution in [0, 0.1) is 0 Å². The molecule has 0 aromatic carbocycles. The Bertz CT molecular complexity index is 196. The van der Waals surface area contributed by atoms with Gasteiger partial charge in [-0.3, -0.25) is 4.79 Å². The van der Waals surface area contributed by atoms with Gasteiger partial charge in [-0.25, -0.2) is 0 Å². The van der Waals surface area contributed by atoms with Crippen LogP contribution in [0.15, 0.2) is 0 Å². The lowest BCUT2D eigenvalue weighted by Crippen LogP contribution is -2.46. The number of hydrogen-bond donors (Lipinski definition) is 2. The van der Waals surface area contributed by atoms with Gasteiger partial charge >= 0.3 is 0 Å². The number of nitrogens with two attached hydrogens (primary N) is 1. The molecule has 1 unspecified atom stereocenters. The van der Waals surface area contributed by atoms with E-state index in [0.717, 1.165) is 6.54 Å². The molecule has 0 saturated carbocycles. The van der Waals surface area contributed by atoms with Crippen LogP contribution < -0.4 is 11.1 Å². The molecule has 0 bridgehead atoms. The highest BCUT2D eigenvalue weighted by atomic mass is 16.5. The highest BCUT2D eigenvalue weighted by Gasteiger charge is 2.25. The summed E-state index contributed by atoms with van der Waals surface area (Å²) in [6.07, 6.45) is 0.619. The maximum Gasteiger partial charge on any atom is 0.177 e. The van der Waals surface area contributed by atoms with Crippen LogP contribution in [-0.2, 0) is 14.3 Å². The molecule has 0 aliphatic rings. The van der Waals surface area contributed by atoms with Crippen LogP contribution in [0.2, 0.25) is 0 Å². The molecule has 0 saturated heterocycles. The van der Waals surface area contributed by atoms with Gasteiger partial charge < -0.3 is 20.5 Å². The Hall–Kier alpha value is -0.490. The zero-order valence-corrected chi connectivity index (χ0v) is 10.5. The van der Waals surface area contributed by atoms with Crippen molar-refractivity contribution in [3.05, 3.63) is 0 Å². The number of rotatable bonds is 10. The average Bonchev–Trinajstić information content (AvgIpc) is 2.27. The minimum absolute atomic E-state index is 0.0646. The van der Waals surface area contributed by atoms with E-state index in [1.807, 2.05) is 14.0 Å². The maximum absolute atomic E-state index is 11.5. The fourth-order valence-electron chi connectivity index (χ4n) is 0.921. The molecular formula is C11H24N2O3. The van der Waals surface area contributed by atoms with E-state index in [-0.39, 0.29) is 12.4 Å². The standard InChI is InChI=1S/C11H24N2O3/c1-4-11(2,12)10(14)9-16-8-7-15-6-5-13-3/h13H,4-9,12H2,1-3H3. The van der Waals surface area contributed by atoms with Crippen LogP contribution in [0.3, 0.4) is 0 Å². The van der Waals surface area contributed by atoms with E-state index in [2.05, 4.69) is 5.32 Å². The Kier molecular flexibility index (Phi) is 8.37. The summed E-state index contributed by atoms with van der Waals surface area (Å²) in [5.41, 5.74) is 5.00. The van der Waals surface area contributed by atoms with Gasteiger partial charge in [0.2, 0.25) is 0 Å². The van der Waals surface area contributed by atoms with Crippen LogP contribution in [-0.4, -0.2) is 51.3 Å². The Morgan fingerprint density at radius 1 is 1.31 bits per heavy atom. The van der Waals surface area contributed by atoms with E-state index < -0.39 is 5.54 Å². The number of nitrogens with one attached hydrogen (secondary N) is 1. The van der Waals surface area contributed by atoms with Crippen molar-refractivity contribution in [3.63, 3.8) is 0 Å². The van der Waals surface area contributed by atoms with Crippen LogP contribution in [0.4, 0.5) is 0 Å². The van der Waals surface area contributed by atoms with E-state index in [1.165, 1.54) is 0 Å². The molecule has 3 N–H and O–H groups in total. The van der Waals surface area contributed by atoms with Crippen molar-refractivity contribution in [2.45, 2.75) is 25.8 Å². The Labute approximate surface area is 97.7 Å². The van der Waals surface area contributed by atoms with Gasteiger partial charge in [0.05, 0.1) is 25.4 Å². The molecule has 0 radical (unpaired) electrons. The van der Waals surface area contributed by atoms with Crippen LogP contribution in [0.1, 0.15) is 20.3 Å². The summed E-state index contributed by atoms with van der Waals surface area (Å²) in [6.45, 7) is 6.07. The lowest BCUT2D eigenvalue weighted by atomic mass is 9.95. The summed E-state index contributed by atoms with van der Waals surface area (Å²) in [5, 5.41) is 2.97. The number of ketones is 1. The summed E-state index contributed by atoms with van der Waals surface area (Å²) in [5.74, 6) is -0.0646. The Morgan fingerprint density at radius 2 is 1.94 bits per heavy atom. The first-order chi connectivity index (χ1) is 7.54. The van der Waals surface area contributed by atoms with Gasteiger partial charge in [-0.1, -0.05) is 6.92 Å². The van der Waals surface area contributed by atoms with Crippen molar-refractivity contribution < 1.29 is 14.3 Å². The van der Waals surface area contributed by atoms with Gasteiger partial charge in [0.25, 0.3) is 0 Å². The first kappa shape index (κ1) is 15.5. The van der Waals surface area contributed by atoms with Gasteiger partial charge in [-0.2, -0.15) is 0 Å². The summed E-state index contributed by atoms with van der Waals surface area (Å²) in [4.78, 5) is 11.5. The van der Waals surface area contributed by atoms with Crippen molar-refractivity contribution in [1.29, 1.82) is 0 Å². The van der Waals surface area contributed by atoms with Crippen LogP contribution in [0.25, 0.3) is 0 Å². The second-order valence-corrected chi connectivity index (χ2v) is 3.96. The molecule has 0 amide bonds. The molecule has 0 aromatic heterocycles. The van der Waals surface area contributed by atoms with Gasteiger partial charge in [-0.05, 0) is 20.4 Å². The first-order valence-corrected chi connectivity index (χ1v) is 5.67. The van der Waals surface area contributed by atoms with E-state index >= 15 is 0 Å². The number of carbonyl (C=O) groups is 1. The zero-order chi connectivity index (χ0) is 12.4. The van der Waals surface area contributed by atoms with Crippen LogP contribution in [0.5, 0.6) is 0 Å². The lowest BCUT2D eigenvalue weighted by molar-refractivity contribution is -0.128. The molecule has 5 heteroatoms. The topological polar surface area (TPSA) is 73.6 Å². The largest absolute Gasteiger partial charge is 0.378 e. The lowest BCUT2D eigenvalue weighted by Gasteiger charge is -2.20. The highest BCUT2D eigenvalue weighted by molar-refractivity contribution is 5.88. The third kappa shape index (κ3) is 6.90. The Morgan fingerprint density at radius 3 is 2.50 bits per heavy atom. The SMILES string of the molecule is CCC(C)(N)C(=O)COCCOCCNC. The van der Waals surface area contributed by atoms with Crippen molar-refractivity contribution in [1.82, 2.24) is 5.32 Å². The van der Waals surface area contributed by atoms with E-state index in [9.17, 15) is 4.79 Å². The summed E-state index contributed by atoms with van der Waals surface area (Å²) in [6, 6.07) is 0. The predicted octanol–water partition coefficient (Wildman–Crippen LogP) is -0.0645. The number of Topliss-reactive ketones (excluding diaryl/α,β-unsaturated/α-hetero) is 1. The minimum atomic E-state index is -0.771. The van der Waals surface area contributed by atoms with Gasteiger partial charge in [0, 0.05) is 6.54 Å². The summed E-state index contributed by atoms with van der Waals surface area (Å²) >= 11 is 0. The molecule has 0 heterocycles. The van der Waals surface area contributed by atoms with Crippen molar-refractivity contribution in [2.24, 2.45) is 5.73 Å². The third-order valence-electron chi connectivity index (χ3n) is 2.47. The van der Waals surface area contributed by atoms with Crippen LogP contribution >= 0.6 is 0 Å². The Balaban J connectivity index is 3.42. The second-order valence-electron chi connectivity index (χ2n) is 3.96. The molecular weight excluding hydrogens is 208 g/mol. The monoisotopic (exact) mass is 232 g/mol. The van der Waals surface area contributed by atoms with E-state index in [4.69, 9.17) is 15.2 Å². The molecule has 16 heavy (non-hydrogen) atoms. The fraction of sp³-hybridized carbons (Fsp3) is 0.909. The number of likely N-dealkylation sites (N-methyl/N-ethyl adjacent to an activating group) is 1. The summed E-state index contributed by atoms with van der Waals surface area (Å²) < 4.78 is 10.4. The molecule has 0 aliphatic carbocycles. The number of carbonyl (C=O) groups excluding carboxylic acids is 1. The molecule has 1 atom stereocenters. The number of ether oxygens (including phenoxy) is 2. The highest BCUT2D eigenvalue weighted by Crippen LogP contribution is 2.06. The molecule has 0 fully saturated rings. The second kappa shape index (κ2) is 8.64. The van der Waals surface area contributed by atoms with Crippen molar-refractivity contribution >= 4 is 5.78 Å². The predicted molar refractivity (Wildman–Crippen MR) is 63.5 cm³/mol. The zero-order valence-electron chi connectivity index (χ0n) is 10.5. The quantitative estimate of drug-likeness (QED) is 0.516. The van der Waals surface area contributed by atoms with E-state index in [0.29, 0.717) is 26.2 Å². The first-order valence-electron chi connectivity index (χ1n) is 5.67. The minimum Gasteiger partial charge on any atom is -0.378 e. The molecule has 0 rings (SSSR count). The summed E-state index contributed by atoms with van der Waals surface area (Å²) in [7, 11) is 1.87. The maximum atomic E-state index is 11.5. The molecule has 0 aliphatic heterocycles. The third-order valence-corrected chi connectivity index (χ3v) is 2.47. The molecule has 96 valence electrons. The average molecular weight is 232 g/mol. The van der Waals surface area contributed by atoms with Crippen molar-refractivity contribution in [3.8, 4) is 0 Å². The fourth-order valence-corrected chi connectivity index (χ4v) is 0.921. The molecule has 5 nitrogen and oxygen atoms in total. The van der Waals surface area contributed by atoms with Crippen molar-refractivity contribution in [2.75, 3.05) is 40.0 Å². The van der Waals surface area contributed by atoms with E-state index in [1.54, 1.807) is 6.92 Å².